The van der Waals surface area contributed by atoms with Gasteiger partial charge in [0, 0.05) is 19.2 Å². The zero-order chi connectivity index (χ0) is 18.9. The first kappa shape index (κ1) is 18.2. The highest BCUT2D eigenvalue weighted by Gasteiger charge is 2.33. The fourth-order valence-electron chi connectivity index (χ4n) is 2.66. The van der Waals surface area contributed by atoms with E-state index >= 15 is 0 Å². The SMILES string of the molecule is CN(C(=O)c1cnc(Nc2ccc(F)cc2F)cn1)C1CCS(=O)(=O)C1. The second-order valence-corrected chi connectivity index (χ2v) is 8.24. The number of hydrogen-bond donors (Lipinski definition) is 1. The molecule has 10 heteroatoms. The maximum Gasteiger partial charge on any atom is 0.274 e. The lowest BCUT2D eigenvalue weighted by Crippen LogP contribution is -2.38. The van der Waals surface area contributed by atoms with E-state index < -0.39 is 27.4 Å². The van der Waals surface area contributed by atoms with E-state index in [9.17, 15) is 22.0 Å². The number of aromatic nitrogens is 2. The monoisotopic (exact) mass is 382 g/mol. The van der Waals surface area contributed by atoms with Gasteiger partial charge in [-0.2, -0.15) is 0 Å². The van der Waals surface area contributed by atoms with Crippen LogP contribution in [0.4, 0.5) is 20.3 Å². The fourth-order valence-corrected chi connectivity index (χ4v) is 4.43. The van der Waals surface area contributed by atoms with Crippen molar-refractivity contribution in [3.8, 4) is 0 Å². The quantitative estimate of drug-likeness (QED) is 0.866. The molecule has 3 rings (SSSR count). The summed E-state index contributed by atoms with van der Waals surface area (Å²) in [6.07, 6.45) is 2.85. The van der Waals surface area contributed by atoms with E-state index in [0.717, 1.165) is 12.1 Å². The van der Waals surface area contributed by atoms with Gasteiger partial charge in [0.2, 0.25) is 0 Å². The molecular weight excluding hydrogens is 366 g/mol. The Morgan fingerprint density at radius 1 is 1.27 bits per heavy atom. The van der Waals surface area contributed by atoms with Gasteiger partial charge in [0.1, 0.15) is 23.1 Å². The number of rotatable bonds is 4. The molecule has 1 saturated heterocycles. The smallest absolute Gasteiger partial charge is 0.274 e. The van der Waals surface area contributed by atoms with Crippen molar-refractivity contribution in [3.63, 3.8) is 0 Å². The first-order valence-corrected chi connectivity index (χ1v) is 9.59. The summed E-state index contributed by atoms with van der Waals surface area (Å²) < 4.78 is 49.6. The molecular formula is C16H16F2N4O3S. The number of carbonyl (C=O) groups excluding carboxylic acids is 1. The van der Waals surface area contributed by atoms with Crippen molar-refractivity contribution in [1.82, 2.24) is 14.9 Å². The standard InChI is InChI=1S/C16H16F2N4O3S/c1-22(11-4-5-26(24,25)9-11)16(23)14-7-20-15(8-19-14)21-13-3-2-10(17)6-12(13)18/h2-3,6-8,11H,4-5,9H2,1H3,(H,20,21). The summed E-state index contributed by atoms with van der Waals surface area (Å²) in [6, 6.07) is 2.67. The number of nitrogens with zero attached hydrogens (tertiary/aromatic N) is 3. The van der Waals surface area contributed by atoms with E-state index in [1.165, 1.54) is 30.4 Å². The highest BCUT2D eigenvalue weighted by atomic mass is 32.2. The van der Waals surface area contributed by atoms with Crippen LogP contribution in [0, 0.1) is 11.6 Å². The van der Waals surface area contributed by atoms with E-state index in [-0.39, 0.29) is 34.7 Å². The molecule has 26 heavy (non-hydrogen) atoms. The minimum Gasteiger partial charge on any atom is -0.337 e. The zero-order valence-corrected chi connectivity index (χ0v) is 14.6. The van der Waals surface area contributed by atoms with Crippen molar-refractivity contribution in [2.24, 2.45) is 0 Å². The topological polar surface area (TPSA) is 92.3 Å². The largest absolute Gasteiger partial charge is 0.337 e. The summed E-state index contributed by atoms with van der Waals surface area (Å²) in [7, 11) is -1.58. The molecule has 138 valence electrons. The van der Waals surface area contributed by atoms with Gasteiger partial charge in [-0.3, -0.25) is 4.79 Å². The van der Waals surface area contributed by atoms with E-state index in [0.29, 0.717) is 6.42 Å². The molecule has 1 aromatic carbocycles. The fraction of sp³-hybridized carbons (Fsp3) is 0.312. The summed E-state index contributed by atoms with van der Waals surface area (Å²) in [4.78, 5) is 21.7. The lowest BCUT2D eigenvalue weighted by atomic mass is 10.2. The van der Waals surface area contributed by atoms with Crippen LogP contribution in [-0.4, -0.2) is 53.8 Å². The predicted octanol–water partition coefficient (Wildman–Crippen LogP) is 1.76. The molecule has 1 atom stereocenters. The number of halogens is 2. The Kier molecular flexibility index (Phi) is 4.86. The van der Waals surface area contributed by atoms with Crippen LogP contribution < -0.4 is 5.32 Å². The highest BCUT2D eigenvalue weighted by Crippen LogP contribution is 2.20. The van der Waals surface area contributed by atoms with Crippen LogP contribution in [0.3, 0.4) is 0 Å². The van der Waals surface area contributed by atoms with Crippen molar-refractivity contribution < 1.29 is 22.0 Å². The van der Waals surface area contributed by atoms with Gasteiger partial charge in [0.15, 0.2) is 9.84 Å². The van der Waals surface area contributed by atoms with E-state index in [4.69, 9.17) is 0 Å². The first-order chi connectivity index (χ1) is 12.2. The van der Waals surface area contributed by atoms with Crippen LogP contribution in [0.25, 0.3) is 0 Å². The van der Waals surface area contributed by atoms with E-state index in [2.05, 4.69) is 15.3 Å². The van der Waals surface area contributed by atoms with Gasteiger partial charge in [-0.25, -0.2) is 27.2 Å². The maximum atomic E-state index is 13.6. The van der Waals surface area contributed by atoms with Crippen LogP contribution in [-0.2, 0) is 9.84 Å². The average Bonchev–Trinajstić information content (AvgIpc) is 2.97. The number of nitrogens with one attached hydrogen (secondary N) is 1. The molecule has 1 fully saturated rings. The number of benzene rings is 1. The van der Waals surface area contributed by atoms with Crippen molar-refractivity contribution >= 4 is 27.2 Å². The number of sulfone groups is 1. The van der Waals surface area contributed by atoms with Crippen molar-refractivity contribution in [1.29, 1.82) is 0 Å². The van der Waals surface area contributed by atoms with Gasteiger partial charge in [-0.05, 0) is 18.6 Å². The molecule has 1 amide bonds. The van der Waals surface area contributed by atoms with E-state index in [1.807, 2.05) is 0 Å². The average molecular weight is 382 g/mol. The normalized spacial score (nSPS) is 18.5. The molecule has 1 aliphatic rings. The molecule has 2 heterocycles. The van der Waals surface area contributed by atoms with Gasteiger partial charge in [0.25, 0.3) is 5.91 Å². The van der Waals surface area contributed by atoms with Gasteiger partial charge in [-0.15, -0.1) is 0 Å². The van der Waals surface area contributed by atoms with Crippen LogP contribution in [0.5, 0.6) is 0 Å². The van der Waals surface area contributed by atoms with E-state index in [1.54, 1.807) is 0 Å². The molecule has 0 bridgehead atoms. The number of anilines is 2. The Bertz CT molecular complexity index is 935. The molecule has 1 aliphatic heterocycles. The Hall–Kier alpha value is -2.62. The Balaban J connectivity index is 1.70. The third-order valence-electron chi connectivity index (χ3n) is 4.14. The number of hydrogen-bond acceptors (Lipinski definition) is 6. The predicted molar refractivity (Wildman–Crippen MR) is 90.8 cm³/mol. The third kappa shape index (κ3) is 3.96. The Morgan fingerprint density at radius 2 is 2.04 bits per heavy atom. The molecule has 7 nitrogen and oxygen atoms in total. The molecule has 0 saturated carbocycles. The van der Waals surface area contributed by atoms with Crippen LogP contribution in [0.15, 0.2) is 30.6 Å². The minimum atomic E-state index is -3.11. The van der Waals surface area contributed by atoms with Crippen molar-refractivity contribution in [3.05, 3.63) is 47.9 Å². The molecule has 0 aliphatic carbocycles. The number of amides is 1. The second-order valence-electron chi connectivity index (χ2n) is 6.01. The highest BCUT2D eigenvalue weighted by molar-refractivity contribution is 7.91. The second kappa shape index (κ2) is 6.94. The summed E-state index contributed by atoms with van der Waals surface area (Å²) >= 11 is 0. The zero-order valence-electron chi connectivity index (χ0n) is 13.8. The van der Waals surface area contributed by atoms with Crippen molar-refractivity contribution in [2.45, 2.75) is 12.5 Å². The maximum absolute atomic E-state index is 13.6. The lowest BCUT2D eigenvalue weighted by Gasteiger charge is -2.22. The molecule has 1 N–H and O–H groups in total. The third-order valence-corrected chi connectivity index (χ3v) is 5.89. The lowest BCUT2D eigenvalue weighted by molar-refractivity contribution is 0.0741. The van der Waals surface area contributed by atoms with Gasteiger partial charge < -0.3 is 10.2 Å². The Morgan fingerprint density at radius 3 is 2.62 bits per heavy atom. The minimum absolute atomic E-state index is 0.0213. The van der Waals surface area contributed by atoms with Gasteiger partial charge >= 0.3 is 0 Å². The summed E-state index contributed by atoms with van der Waals surface area (Å²) in [6.45, 7) is 0. The number of carbonyl (C=O) groups is 1. The first-order valence-electron chi connectivity index (χ1n) is 7.77. The van der Waals surface area contributed by atoms with Crippen LogP contribution >= 0.6 is 0 Å². The van der Waals surface area contributed by atoms with Crippen molar-refractivity contribution in [2.75, 3.05) is 23.9 Å². The Labute approximate surface area is 149 Å². The van der Waals surface area contributed by atoms with Gasteiger partial charge in [-0.1, -0.05) is 0 Å². The summed E-state index contributed by atoms with van der Waals surface area (Å²) in [5.41, 5.74) is 0.0648. The summed E-state index contributed by atoms with van der Waals surface area (Å²) in [5.74, 6) is -1.75. The summed E-state index contributed by atoms with van der Waals surface area (Å²) in [5, 5.41) is 2.64. The van der Waals surface area contributed by atoms with Crippen LogP contribution in [0.2, 0.25) is 0 Å². The van der Waals surface area contributed by atoms with Gasteiger partial charge in [0.05, 0.1) is 29.6 Å². The van der Waals surface area contributed by atoms with Crippen LogP contribution in [0.1, 0.15) is 16.9 Å². The molecule has 0 radical (unpaired) electrons. The molecule has 1 aromatic heterocycles. The molecule has 0 spiro atoms. The molecule has 2 aromatic rings. The molecule has 1 unspecified atom stereocenters.